The van der Waals surface area contributed by atoms with Crippen molar-refractivity contribution < 1.29 is 9.18 Å². The standard InChI is InChI=1S/C14H15ClFN5O/c1-13(2,11-18-20-21-19-11)12(22)17-14(5-6-14)8-3-4-10(16)9(15)7-8/h3-4,7H,5-6H2,1-2H3,(H,17,22)(H,18,19,20,21). The van der Waals surface area contributed by atoms with Gasteiger partial charge in [-0.25, -0.2) is 4.39 Å². The molecule has 8 heteroatoms. The van der Waals surface area contributed by atoms with Crippen LogP contribution in [0.3, 0.4) is 0 Å². The number of halogens is 2. The first-order chi connectivity index (χ1) is 10.3. The second kappa shape index (κ2) is 5.01. The highest BCUT2D eigenvalue weighted by molar-refractivity contribution is 6.30. The van der Waals surface area contributed by atoms with Crippen LogP contribution in [0.4, 0.5) is 4.39 Å². The highest BCUT2D eigenvalue weighted by Gasteiger charge is 2.48. The van der Waals surface area contributed by atoms with Gasteiger partial charge in [-0.1, -0.05) is 22.9 Å². The Kier molecular flexibility index (Phi) is 3.40. The minimum atomic E-state index is -0.924. The van der Waals surface area contributed by atoms with Crippen LogP contribution < -0.4 is 5.32 Å². The normalized spacial score (nSPS) is 16.4. The SMILES string of the molecule is CC(C)(C(=O)NC1(c2ccc(F)c(Cl)c2)CC1)c1nn[nH]n1. The zero-order valence-electron chi connectivity index (χ0n) is 12.2. The first-order valence-electron chi connectivity index (χ1n) is 6.87. The average molecular weight is 324 g/mol. The molecule has 0 unspecified atom stereocenters. The molecule has 1 fully saturated rings. The third-order valence-corrected chi connectivity index (χ3v) is 4.34. The molecule has 1 aromatic heterocycles. The average Bonchev–Trinajstić information content (AvgIpc) is 3.03. The lowest BCUT2D eigenvalue weighted by molar-refractivity contribution is -0.127. The van der Waals surface area contributed by atoms with Gasteiger partial charge < -0.3 is 5.32 Å². The summed E-state index contributed by atoms with van der Waals surface area (Å²) in [4.78, 5) is 12.6. The predicted octanol–water partition coefficient (Wildman–Crippen LogP) is 2.08. The Bertz CT molecular complexity index is 712. The molecule has 116 valence electrons. The van der Waals surface area contributed by atoms with Gasteiger partial charge in [0.1, 0.15) is 11.2 Å². The van der Waals surface area contributed by atoms with E-state index in [0.29, 0.717) is 5.82 Å². The summed E-state index contributed by atoms with van der Waals surface area (Å²) in [6.45, 7) is 3.45. The largest absolute Gasteiger partial charge is 0.346 e. The maximum absolute atomic E-state index is 13.3. The maximum Gasteiger partial charge on any atom is 0.234 e. The van der Waals surface area contributed by atoms with Crippen LogP contribution in [-0.4, -0.2) is 26.5 Å². The van der Waals surface area contributed by atoms with E-state index in [0.717, 1.165) is 18.4 Å². The Morgan fingerprint density at radius 2 is 2.18 bits per heavy atom. The second-order valence-corrected chi connectivity index (χ2v) is 6.43. The van der Waals surface area contributed by atoms with Crippen LogP contribution in [0.25, 0.3) is 0 Å². The summed E-state index contributed by atoms with van der Waals surface area (Å²) >= 11 is 5.84. The van der Waals surface area contributed by atoms with Crippen molar-refractivity contribution in [2.45, 2.75) is 37.6 Å². The predicted molar refractivity (Wildman–Crippen MR) is 77.7 cm³/mol. The first-order valence-corrected chi connectivity index (χ1v) is 7.25. The quantitative estimate of drug-likeness (QED) is 0.902. The number of aromatic nitrogens is 4. The van der Waals surface area contributed by atoms with E-state index < -0.39 is 16.8 Å². The third kappa shape index (κ3) is 2.45. The molecule has 0 spiro atoms. The van der Waals surface area contributed by atoms with Crippen LogP contribution in [0, 0.1) is 5.82 Å². The molecule has 0 saturated heterocycles. The molecule has 3 rings (SSSR count). The highest BCUT2D eigenvalue weighted by atomic mass is 35.5. The number of nitrogens with one attached hydrogen (secondary N) is 2. The van der Waals surface area contributed by atoms with Crippen LogP contribution in [0.5, 0.6) is 0 Å². The number of hydrogen-bond acceptors (Lipinski definition) is 4. The summed E-state index contributed by atoms with van der Waals surface area (Å²) in [6, 6.07) is 4.52. The molecule has 1 amide bonds. The zero-order chi connectivity index (χ0) is 16.0. The molecular weight excluding hydrogens is 309 g/mol. The van der Waals surface area contributed by atoms with Gasteiger partial charge in [0.2, 0.25) is 5.91 Å². The van der Waals surface area contributed by atoms with E-state index in [4.69, 9.17) is 11.6 Å². The van der Waals surface area contributed by atoms with E-state index in [1.54, 1.807) is 26.0 Å². The van der Waals surface area contributed by atoms with Crippen LogP contribution >= 0.6 is 11.6 Å². The zero-order valence-corrected chi connectivity index (χ0v) is 12.9. The van der Waals surface area contributed by atoms with Gasteiger partial charge in [-0.2, -0.15) is 5.21 Å². The molecule has 1 aliphatic carbocycles. The molecule has 6 nitrogen and oxygen atoms in total. The summed E-state index contributed by atoms with van der Waals surface area (Å²) in [5.41, 5.74) is -0.613. The van der Waals surface area contributed by atoms with Crippen molar-refractivity contribution in [2.24, 2.45) is 0 Å². The number of H-pyrrole nitrogens is 1. The third-order valence-electron chi connectivity index (χ3n) is 4.05. The van der Waals surface area contributed by atoms with Crippen molar-refractivity contribution >= 4 is 17.5 Å². The second-order valence-electron chi connectivity index (χ2n) is 6.03. The number of benzene rings is 1. The lowest BCUT2D eigenvalue weighted by Crippen LogP contribution is -2.46. The van der Waals surface area contributed by atoms with Crippen LogP contribution in [0.2, 0.25) is 5.02 Å². The Hall–Kier alpha value is -2.02. The minimum absolute atomic E-state index is 0.0513. The fourth-order valence-corrected chi connectivity index (χ4v) is 2.49. The fourth-order valence-electron chi connectivity index (χ4n) is 2.31. The summed E-state index contributed by atoms with van der Waals surface area (Å²) in [6.07, 6.45) is 1.56. The van der Waals surface area contributed by atoms with Crippen molar-refractivity contribution in [3.8, 4) is 0 Å². The Morgan fingerprint density at radius 3 is 2.73 bits per heavy atom. The summed E-state index contributed by atoms with van der Waals surface area (Å²) in [7, 11) is 0. The monoisotopic (exact) mass is 323 g/mol. The van der Waals surface area contributed by atoms with E-state index in [1.807, 2.05) is 0 Å². The van der Waals surface area contributed by atoms with E-state index in [2.05, 4.69) is 25.9 Å². The Morgan fingerprint density at radius 1 is 1.45 bits per heavy atom. The minimum Gasteiger partial charge on any atom is -0.346 e. The van der Waals surface area contributed by atoms with Crippen LogP contribution in [0.15, 0.2) is 18.2 Å². The van der Waals surface area contributed by atoms with Gasteiger partial charge in [0.15, 0.2) is 5.82 Å². The Balaban J connectivity index is 1.83. The molecule has 2 N–H and O–H groups in total. The van der Waals surface area contributed by atoms with Gasteiger partial charge in [0, 0.05) is 0 Å². The molecule has 0 atom stereocenters. The topological polar surface area (TPSA) is 83.6 Å². The molecule has 2 aromatic rings. The molecule has 1 saturated carbocycles. The fraction of sp³-hybridized carbons (Fsp3) is 0.429. The number of carbonyl (C=O) groups is 1. The molecular formula is C14H15ClFN5O. The van der Waals surface area contributed by atoms with Gasteiger partial charge in [-0.3, -0.25) is 4.79 Å². The van der Waals surface area contributed by atoms with Gasteiger partial charge in [-0.15, -0.1) is 10.2 Å². The molecule has 1 heterocycles. The van der Waals surface area contributed by atoms with Gasteiger partial charge >= 0.3 is 0 Å². The van der Waals surface area contributed by atoms with E-state index in [9.17, 15) is 9.18 Å². The number of rotatable bonds is 4. The smallest absolute Gasteiger partial charge is 0.234 e. The van der Waals surface area contributed by atoms with Gasteiger partial charge in [-0.05, 0) is 44.4 Å². The molecule has 0 radical (unpaired) electrons. The Labute approximate surface area is 131 Å². The lowest BCUT2D eigenvalue weighted by Gasteiger charge is -2.25. The lowest BCUT2D eigenvalue weighted by atomic mass is 9.90. The number of hydrogen-bond donors (Lipinski definition) is 2. The number of carbonyl (C=O) groups excluding carboxylic acids is 1. The van der Waals surface area contributed by atoms with Crippen molar-refractivity contribution in [1.82, 2.24) is 25.9 Å². The maximum atomic E-state index is 13.3. The summed E-state index contributed by atoms with van der Waals surface area (Å²) < 4.78 is 13.3. The van der Waals surface area contributed by atoms with Crippen molar-refractivity contribution in [2.75, 3.05) is 0 Å². The van der Waals surface area contributed by atoms with Gasteiger partial charge in [0.05, 0.1) is 10.6 Å². The number of tetrazole rings is 1. The first kappa shape index (κ1) is 14.9. The molecule has 0 aliphatic heterocycles. The number of amides is 1. The molecule has 0 bridgehead atoms. The van der Waals surface area contributed by atoms with E-state index in [-0.39, 0.29) is 10.9 Å². The molecule has 1 aliphatic rings. The summed E-state index contributed by atoms with van der Waals surface area (Å²) in [5, 5.41) is 16.7. The number of aromatic amines is 1. The van der Waals surface area contributed by atoms with Gasteiger partial charge in [0.25, 0.3) is 0 Å². The summed E-state index contributed by atoms with van der Waals surface area (Å²) in [5.74, 6) is -0.371. The van der Waals surface area contributed by atoms with E-state index in [1.165, 1.54) is 6.07 Å². The van der Waals surface area contributed by atoms with Crippen molar-refractivity contribution in [1.29, 1.82) is 0 Å². The van der Waals surface area contributed by atoms with Crippen molar-refractivity contribution in [3.05, 3.63) is 40.4 Å². The molecule has 1 aromatic carbocycles. The van der Waals surface area contributed by atoms with E-state index >= 15 is 0 Å². The highest BCUT2D eigenvalue weighted by Crippen LogP contribution is 2.46. The number of nitrogens with zero attached hydrogens (tertiary/aromatic N) is 3. The van der Waals surface area contributed by atoms with Crippen LogP contribution in [0.1, 0.15) is 38.1 Å². The van der Waals surface area contributed by atoms with Crippen molar-refractivity contribution in [3.63, 3.8) is 0 Å². The molecule has 22 heavy (non-hydrogen) atoms. The van der Waals surface area contributed by atoms with Crippen LogP contribution in [-0.2, 0) is 15.7 Å².